The van der Waals surface area contributed by atoms with Gasteiger partial charge in [-0.1, -0.05) is 66.7 Å². The fourth-order valence-electron chi connectivity index (χ4n) is 5.83. The molecular formula is C32H40N4O4. The monoisotopic (exact) mass is 544 g/mol. The molecule has 0 saturated carbocycles. The van der Waals surface area contributed by atoms with Gasteiger partial charge in [-0.15, -0.1) is 0 Å². The summed E-state index contributed by atoms with van der Waals surface area (Å²) in [6.45, 7) is 3.13. The predicted molar refractivity (Wildman–Crippen MR) is 157 cm³/mol. The molecule has 0 radical (unpaired) electrons. The van der Waals surface area contributed by atoms with Crippen LogP contribution in [0.1, 0.15) is 41.3 Å². The number of hydrogen-bond donors (Lipinski definition) is 3. The van der Waals surface area contributed by atoms with E-state index in [0.717, 1.165) is 11.1 Å². The summed E-state index contributed by atoms with van der Waals surface area (Å²) in [6.07, 6.45) is 0.313. The second kappa shape index (κ2) is 12.5. The number of aliphatic hydroxyl groups excluding tert-OH is 1. The summed E-state index contributed by atoms with van der Waals surface area (Å²) in [7, 11) is 5.09. The lowest BCUT2D eigenvalue weighted by atomic mass is 9.69. The molecule has 0 aromatic heterocycles. The van der Waals surface area contributed by atoms with Crippen molar-refractivity contribution >= 4 is 17.5 Å². The number of benzene rings is 3. The average molecular weight is 545 g/mol. The Morgan fingerprint density at radius 2 is 1.65 bits per heavy atom. The Labute approximate surface area is 236 Å². The molecule has 1 aliphatic heterocycles. The Hall–Kier alpha value is -3.88. The van der Waals surface area contributed by atoms with Crippen LogP contribution in [0.2, 0.25) is 0 Å². The molecule has 0 aliphatic carbocycles. The molecule has 8 nitrogen and oxygen atoms in total. The number of hydrogen-bond acceptors (Lipinski definition) is 6. The van der Waals surface area contributed by atoms with Gasteiger partial charge in [0.2, 0.25) is 5.91 Å². The maximum Gasteiger partial charge on any atom is 0.253 e. The van der Waals surface area contributed by atoms with Crippen LogP contribution in [0.5, 0.6) is 5.75 Å². The highest BCUT2D eigenvalue weighted by Crippen LogP contribution is 2.40. The normalized spacial score (nSPS) is 18.5. The number of aliphatic hydroxyl groups is 1. The second-order valence-electron chi connectivity index (χ2n) is 10.7. The maximum atomic E-state index is 14.0. The van der Waals surface area contributed by atoms with Gasteiger partial charge in [-0.25, -0.2) is 0 Å². The number of likely N-dealkylation sites (tertiary alicyclic amines) is 1. The molecule has 2 amide bonds. The zero-order chi connectivity index (χ0) is 28.9. The molecule has 4 rings (SSSR count). The third-order valence-corrected chi connectivity index (χ3v) is 7.99. The van der Waals surface area contributed by atoms with E-state index >= 15 is 0 Å². The number of nitrogens with zero attached hydrogens (tertiary/aromatic N) is 2. The fraction of sp³-hybridized carbons (Fsp3) is 0.375. The van der Waals surface area contributed by atoms with E-state index in [1.807, 2.05) is 60.7 Å². The quantitative estimate of drug-likeness (QED) is 0.357. The van der Waals surface area contributed by atoms with Crippen molar-refractivity contribution < 1.29 is 19.4 Å². The van der Waals surface area contributed by atoms with Crippen molar-refractivity contribution in [2.45, 2.75) is 43.4 Å². The van der Waals surface area contributed by atoms with Crippen LogP contribution in [0, 0.1) is 0 Å². The Kier molecular flexibility index (Phi) is 9.12. The van der Waals surface area contributed by atoms with Gasteiger partial charge in [0.1, 0.15) is 11.2 Å². The highest BCUT2D eigenvalue weighted by atomic mass is 16.5. The van der Waals surface area contributed by atoms with Gasteiger partial charge < -0.3 is 25.8 Å². The summed E-state index contributed by atoms with van der Waals surface area (Å²) < 4.78 is 5.23. The van der Waals surface area contributed by atoms with E-state index in [0.29, 0.717) is 37.2 Å². The van der Waals surface area contributed by atoms with Crippen LogP contribution in [0.15, 0.2) is 78.9 Å². The van der Waals surface area contributed by atoms with Crippen LogP contribution in [0.25, 0.3) is 0 Å². The minimum atomic E-state index is -0.897. The van der Waals surface area contributed by atoms with Gasteiger partial charge in [0.15, 0.2) is 0 Å². The van der Waals surface area contributed by atoms with Crippen molar-refractivity contribution in [3.63, 3.8) is 0 Å². The Morgan fingerprint density at radius 3 is 2.17 bits per heavy atom. The summed E-state index contributed by atoms with van der Waals surface area (Å²) in [5.41, 5.74) is 7.67. The SMILES string of the molecule is COc1cccc(C(=O)N[C@@H]2CCN(C(C)CC(C(=O)N(C)C)(c3ccccc3)c3ccccc3)C[C@H]2O)c1N. The summed E-state index contributed by atoms with van der Waals surface area (Å²) in [5.74, 6) is 0.102. The molecule has 0 spiro atoms. The minimum Gasteiger partial charge on any atom is -0.495 e. The summed E-state index contributed by atoms with van der Waals surface area (Å²) in [6, 6.07) is 24.4. The van der Waals surface area contributed by atoms with Gasteiger partial charge in [-0.3, -0.25) is 14.5 Å². The number of nitrogens with one attached hydrogen (secondary N) is 1. The molecule has 1 heterocycles. The number of rotatable bonds is 9. The summed E-state index contributed by atoms with van der Waals surface area (Å²) in [4.78, 5) is 30.9. The molecule has 1 fully saturated rings. The number of piperidine rings is 1. The number of para-hydroxylation sites is 1. The largest absolute Gasteiger partial charge is 0.495 e. The van der Waals surface area contributed by atoms with E-state index < -0.39 is 17.6 Å². The number of nitrogens with two attached hydrogens (primary N) is 1. The lowest BCUT2D eigenvalue weighted by Gasteiger charge is -2.44. The van der Waals surface area contributed by atoms with E-state index in [4.69, 9.17) is 10.5 Å². The number of carbonyl (C=O) groups excluding carboxylic acids is 2. The molecular weight excluding hydrogens is 504 g/mol. The number of ether oxygens (including phenoxy) is 1. The predicted octanol–water partition coefficient (Wildman–Crippen LogP) is 3.30. The molecule has 4 N–H and O–H groups in total. The lowest BCUT2D eigenvalue weighted by Crippen LogP contribution is -2.57. The van der Waals surface area contributed by atoms with Crippen LogP contribution in [0.4, 0.5) is 5.69 Å². The molecule has 8 heteroatoms. The maximum absolute atomic E-state index is 14.0. The fourth-order valence-corrected chi connectivity index (χ4v) is 5.83. The minimum absolute atomic E-state index is 0.00956. The topological polar surface area (TPSA) is 108 Å². The first kappa shape index (κ1) is 29.1. The molecule has 1 unspecified atom stereocenters. The van der Waals surface area contributed by atoms with Crippen LogP contribution in [-0.2, 0) is 10.2 Å². The van der Waals surface area contributed by atoms with Gasteiger partial charge in [0.05, 0.1) is 30.5 Å². The Morgan fingerprint density at radius 1 is 1.05 bits per heavy atom. The highest BCUT2D eigenvalue weighted by Gasteiger charge is 2.45. The van der Waals surface area contributed by atoms with E-state index in [1.165, 1.54) is 7.11 Å². The second-order valence-corrected chi connectivity index (χ2v) is 10.7. The molecule has 212 valence electrons. The van der Waals surface area contributed by atoms with E-state index in [2.05, 4.69) is 17.1 Å². The number of nitrogen functional groups attached to an aromatic ring is 1. The van der Waals surface area contributed by atoms with Gasteiger partial charge in [-0.2, -0.15) is 0 Å². The number of amides is 2. The van der Waals surface area contributed by atoms with E-state index in [9.17, 15) is 14.7 Å². The van der Waals surface area contributed by atoms with Crippen molar-refractivity contribution in [2.75, 3.05) is 40.0 Å². The van der Waals surface area contributed by atoms with Gasteiger partial charge in [-0.05, 0) is 43.0 Å². The van der Waals surface area contributed by atoms with Gasteiger partial charge in [0, 0.05) is 33.2 Å². The van der Waals surface area contributed by atoms with Crippen molar-refractivity contribution in [1.82, 2.24) is 15.1 Å². The molecule has 3 atom stereocenters. The van der Waals surface area contributed by atoms with Crippen molar-refractivity contribution in [3.8, 4) is 5.75 Å². The first-order valence-electron chi connectivity index (χ1n) is 13.7. The molecule has 1 aliphatic rings. The first-order chi connectivity index (χ1) is 19.2. The van der Waals surface area contributed by atoms with E-state index in [-0.39, 0.29) is 23.5 Å². The third kappa shape index (κ3) is 5.83. The van der Waals surface area contributed by atoms with Crippen LogP contribution >= 0.6 is 0 Å². The highest BCUT2D eigenvalue weighted by molar-refractivity contribution is 6.00. The number of anilines is 1. The average Bonchev–Trinajstić information content (AvgIpc) is 2.97. The zero-order valence-electron chi connectivity index (χ0n) is 23.7. The Bertz CT molecular complexity index is 1260. The van der Waals surface area contributed by atoms with Gasteiger partial charge >= 0.3 is 0 Å². The van der Waals surface area contributed by atoms with Crippen LogP contribution in [0.3, 0.4) is 0 Å². The lowest BCUT2D eigenvalue weighted by molar-refractivity contribution is -0.134. The first-order valence-corrected chi connectivity index (χ1v) is 13.7. The number of carbonyl (C=O) groups is 2. The third-order valence-electron chi connectivity index (χ3n) is 7.99. The Balaban J connectivity index is 1.54. The van der Waals surface area contributed by atoms with Crippen molar-refractivity contribution in [2.24, 2.45) is 0 Å². The van der Waals surface area contributed by atoms with Crippen molar-refractivity contribution in [3.05, 3.63) is 95.6 Å². The standard InChI is InChI=1S/C32H40N4O4/c1-22(20-32(31(39)35(2)3,23-12-7-5-8-13-23)24-14-9-6-10-15-24)36-19-18-26(27(37)21-36)34-30(38)25-16-11-17-28(40-4)29(25)33/h5-17,22,26-27,37H,18-21,33H2,1-4H3,(H,34,38)/t22?,26-,27-/m1/s1. The molecule has 3 aromatic rings. The smallest absolute Gasteiger partial charge is 0.253 e. The molecule has 0 bridgehead atoms. The van der Waals surface area contributed by atoms with Gasteiger partial charge in [0.25, 0.3) is 5.91 Å². The summed E-state index contributed by atoms with van der Waals surface area (Å²) in [5, 5.41) is 14.1. The molecule has 1 saturated heterocycles. The van der Waals surface area contributed by atoms with Crippen LogP contribution in [-0.4, -0.2) is 79.2 Å². The molecule has 3 aromatic carbocycles. The van der Waals surface area contributed by atoms with Crippen molar-refractivity contribution in [1.29, 1.82) is 0 Å². The molecule has 40 heavy (non-hydrogen) atoms. The summed E-state index contributed by atoms with van der Waals surface area (Å²) >= 11 is 0. The zero-order valence-corrected chi connectivity index (χ0v) is 23.7. The van der Waals surface area contributed by atoms with E-state index in [1.54, 1.807) is 37.2 Å². The number of β-amino-alcohol motifs (C(OH)–C–C–N with tert-alkyl or cyclic N) is 1. The van der Waals surface area contributed by atoms with Crippen LogP contribution < -0.4 is 15.8 Å². The number of methoxy groups -OCH3 is 1. The number of likely N-dealkylation sites (N-methyl/N-ethyl adjacent to an activating group) is 1.